The van der Waals surface area contributed by atoms with Gasteiger partial charge < -0.3 is 10.1 Å². The van der Waals surface area contributed by atoms with E-state index in [1.54, 1.807) is 0 Å². The fourth-order valence-electron chi connectivity index (χ4n) is 1.47. The molecule has 0 saturated heterocycles. The van der Waals surface area contributed by atoms with Crippen LogP contribution in [0.4, 0.5) is 0 Å². The second kappa shape index (κ2) is 8.60. The zero-order valence-corrected chi connectivity index (χ0v) is 11.6. The van der Waals surface area contributed by atoms with Gasteiger partial charge in [0.2, 0.25) is 0 Å². The van der Waals surface area contributed by atoms with Gasteiger partial charge in [0.25, 0.3) is 0 Å². The molecule has 0 unspecified atom stereocenters. The summed E-state index contributed by atoms with van der Waals surface area (Å²) in [6.07, 6.45) is 1.10. The van der Waals surface area contributed by atoms with E-state index in [4.69, 9.17) is 4.74 Å². The van der Waals surface area contributed by atoms with Gasteiger partial charge in [0, 0.05) is 6.54 Å². The summed E-state index contributed by atoms with van der Waals surface area (Å²) in [4.78, 5) is 0. The van der Waals surface area contributed by atoms with Crippen LogP contribution in [-0.4, -0.2) is 13.2 Å². The van der Waals surface area contributed by atoms with Crippen molar-refractivity contribution in [1.29, 1.82) is 0 Å². The van der Waals surface area contributed by atoms with E-state index in [2.05, 4.69) is 43.1 Å². The lowest BCUT2D eigenvalue weighted by Crippen LogP contribution is -2.13. The van der Waals surface area contributed by atoms with Gasteiger partial charge in [0.15, 0.2) is 0 Å². The summed E-state index contributed by atoms with van der Waals surface area (Å²) in [5.74, 6) is 7.49. The molecule has 0 aromatic heterocycles. The Labute approximate surface area is 111 Å². The molecule has 0 saturated carbocycles. The van der Waals surface area contributed by atoms with Crippen molar-refractivity contribution in [3.8, 4) is 17.6 Å². The highest BCUT2D eigenvalue weighted by molar-refractivity contribution is 5.27. The molecule has 2 heteroatoms. The standard InChI is InChI=1S/C16H23NO/c1-4-5-11-17-13-15-6-8-16(9-7-15)18-12-10-14(2)3/h6-9,14,17H,10-13H2,1-3H3. The van der Waals surface area contributed by atoms with Gasteiger partial charge in [-0.25, -0.2) is 0 Å². The van der Waals surface area contributed by atoms with Crippen LogP contribution >= 0.6 is 0 Å². The number of hydrogen-bond acceptors (Lipinski definition) is 2. The van der Waals surface area contributed by atoms with Gasteiger partial charge in [-0.2, -0.15) is 0 Å². The minimum atomic E-state index is 0.688. The molecule has 0 bridgehead atoms. The third-order valence-corrected chi connectivity index (χ3v) is 2.61. The average Bonchev–Trinajstić information content (AvgIpc) is 2.36. The van der Waals surface area contributed by atoms with Gasteiger partial charge >= 0.3 is 0 Å². The number of hydrogen-bond donors (Lipinski definition) is 1. The fourth-order valence-corrected chi connectivity index (χ4v) is 1.47. The van der Waals surface area contributed by atoms with Crippen molar-refractivity contribution in [1.82, 2.24) is 5.32 Å². The monoisotopic (exact) mass is 245 g/mol. The Bertz CT molecular complexity index is 384. The largest absolute Gasteiger partial charge is 0.494 e. The molecule has 0 fully saturated rings. The second-order valence-corrected chi connectivity index (χ2v) is 4.71. The van der Waals surface area contributed by atoms with Gasteiger partial charge in [-0.15, -0.1) is 5.92 Å². The number of nitrogens with one attached hydrogen (secondary N) is 1. The third-order valence-electron chi connectivity index (χ3n) is 2.61. The van der Waals surface area contributed by atoms with Gasteiger partial charge in [-0.3, -0.25) is 0 Å². The molecule has 18 heavy (non-hydrogen) atoms. The van der Waals surface area contributed by atoms with Crippen LogP contribution in [0.2, 0.25) is 0 Å². The van der Waals surface area contributed by atoms with Gasteiger partial charge in [-0.1, -0.05) is 31.9 Å². The van der Waals surface area contributed by atoms with Crippen molar-refractivity contribution < 1.29 is 4.74 Å². The van der Waals surface area contributed by atoms with E-state index in [0.717, 1.165) is 31.9 Å². The molecule has 0 atom stereocenters. The van der Waals surface area contributed by atoms with E-state index >= 15 is 0 Å². The van der Waals surface area contributed by atoms with E-state index in [0.29, 0.717) is 5.92 Å². The van der Waals surface area contributed by atoms with Crippen LogP contribution in [-0.2, 0) is 6.54 Å². The summed E-state index contributed by atoms with van der Waals surface area (Å²) in [5, 5.41) is 3.27. The lowest BCUT2D eigenvalue weighted by Gasteiger charge is -2.08. The molecule has 0 spiro atoms. The smallest absolute Gasteiger partial charge is 0.119 e. The summed E-state index contributed by atoms with van der Waals surface area (Å²) < 4.78 is 5.67. The van der Waals surface area contributed by atoms with Gasteiger partial charge in [0.1, 0.15) is 5.75 Å². The van der Waals surface area contributed by atoms with Gasteiger partial charge in [-0.05, 0) is 37.0 Å². The van der Waals surface area contributed by atoms with Crippen LogP contribution in [0, 0.1) is 17.8 Å². The topological polar surface area (TPSA) is 21.3 Å². The van der Waals surface area contributed by atoms with E-state index in [1.165, 1.54) is 5.56 Å². The summed E-state index contributed by atoms with van der Waals surface area (Å²) in [6, 6.07) is 8.25. The van der Waals surface area contributed by atoms with Crippen LogP contribution in [0.25, 0.3) is 0 Å². The molecule has 1 N–H and O–H groups in total. The molecule has 98 valence electrons. The molecule has 0 amide bonds. The van der Waals surface area contributed by atoms with Crippen molar-refractivity contribution in [2.75, 3.05) is 13.2 Å². The predicted octanol–water partition coefficient (Wildman–Crippen LogP) is 3.22. The Morgan fingerprint density at radius 3 is 2.56 bits per heavy atom. The highest BCUT2D eigenvalue weighted by atomic mass is 16.5. The molecule has 0 aliphatic carbocycles. The minimum absolute atomic E-state index is 0.688. The van der Waals surface area contributed by atoms with Crippen LogP contribution in [0.5, 0.6) is 5.75 Å². The summed E-state index contributed by atoms with van der Waals surface area (Å²) >= 11 is 0. The Hall–Kier alpha value is -1.46. The van der Waals surface area contributed by atoms with Crippen LogP contribution in [0.1, 0.15) is 32.8 Å². The SMILES string of the molecule is CC#CCNCc1ccc(OCCC(C)C)cc1. The molecule has 1 rings (SSSR count). The Balaban J connectivity index is 2.30. The van der Waals surface area contributed by atoms with E-state index in [-0.39, 0.29) is 0 Å². The normalized spacial score (nSPS) is 10.0. The maximum atomic E-state index is 5.67. The Kier molecular flexibility index (Phi) is 6.98. The quantitative estimate of drug-likeness (QED) is 0.588. The molecule has 0 aliphatic heterocycles. The van der Waals surface area contributed by atoms with Crippen molar-refractivity contribution in [3.05, 3.63) is 29.8 Å². The molecule has 0 aliphatic rings. The average molecular weight is 245 g/mol. The van der Waals surface area contributed by atoms with E-state index in [9.17, 15) is 0 Å². The minimum Gasteiger partial charge on any atom is -0.494 e. The number of rotatable bonds is 7. The Morgan fingerprint density at radius 2 is 1.94 bits per heavy atom. The molecule has 0 radical (unpaired) electrons. The number of benzene rings is 1. The molecule has 1 aromatic rings. The van der Waals surface area contributed by atoms with Crippen molar-refractivity contribution in [2.45, 2.75) is 33.7 Å². The zero-order valence-electron chi connectivity index (χ0n) is 11.6. The van der Waals surface area contributed by atoms with Crippen molar-refractivity contribution in [3.63, 3.8) is 0 Å². The Morgan fingerprint density at radius 1 is 1.22 bits per heavy atom. The summed E-state index contributed by atoms with van der Waals surface area (Å²) in [5.41, 5.74) is 1.25. The highest BCUT2D eigenvalue weighted by Gasteiger charge is 1.97. The maximum absolute atomic E-state index is 5.67. The molecule has 0 heterocycles. The van der Waals surface area contributed by atoms with E-state index in [1.807, 2.05) is 19.1 Å². The van der Waals surface area contributed by atoms with Crippen molar-refractivity contribution in [2.24, 2.45) is 5.92 Å². The third kappa shape index (κ3) is 6.32. The summed E-state index contributed by atoms with van der Waals surface area (Å²) in [7, 11) is 0. The molecule has 1 aromatic carbocycles. The zero-order chi connectivity index (χ0) is 13.2. The lowest BCUT2D eigenvalue weighted by atomic mass is 10.1. The molecule has 2 nitrogen and oxygen atoms in total. The number of ether oxygens (including phenoxy) is 1. The van der Waals surface area contributed by atoms with Gasteiger partial charge in [0.05, 0.1) is 13.2 Å². The van der Waals surface area contributed by atoms with Crippen LogP contribution in [0.15, 0.2) is 24.3 Å². The first-order valence-corrected chi connectivity index (χ1v) is 6.54. The first-order valence-electron chi connectivity index (χ1n) is 6.54. The van der Waals surface area contributed by atoms with E-state index < -0.39 is 0 Å². The summed E-state index contributed by atoms with van der Waals surface area (Å²) in [6.45, 7) is 8.64. The predicted molar refractivity (Wildman–Crippen MR) is 76.5 cm³/mol. The van der Waals surface area contributed by atoms with Crippen LogP contribution in [0.3, 0.4) is 0 Å². The molecular weight excluding hydrogens is 222 g/mol. The maximum Gasteiger partial charge on any atom is 0.119 e. The first-order chi connectivity index (χ1) is 8.72. The van der Waals surface area contributed by atoms with Crippen molar-refractivity contribution >= 4 is 0 Å². The highest BCUT2D eigenvalue weighted by Crippen LogP contribution is 2.13. The first kappa shape index (κ1) is 14.6. The van der Waals surface area contributed by atoms with Crippen LogP contribution < -0.4 is 10.1 Å². The molecular formula is C16H23NO. The fraction of sp³-hybridized carbons (Fsp3) is 0.500. The lowest BCUT2D eigenvalue weighted by molar-refractivity contribution is 0.289. The second-order valence-electron chi connectivity index (χ2n) is 4.71.